The van der Waals surface area contributed by atoms with Gasteiger partial charge in [-0.05, 0) is 74.0 Å². The fourth-order valence-corrected chi connectivity index (χ4v) is 5.36. The maximum absolute atomic E-state index is 12.9. The Bertz CT molecular complexity index is 997. The second-order valence-corrected chi connectivity index (χ2v) is 9.49. The molecule has 2 heterocycles. The summed E-state index contributed by atoms with van der Waals surface area (Å²) < 4.78 is 7.67. The van der Waals surface area contributed by atoms with E-state index in [4.69, 9.17) is 4.74 Å². The molecule has 2 aromatic carbocycles. The Balaban J connectivity index is 1.39. The highest BCUT2D eigenvalue weighted by Gasteiger charge is 2.17. The van der Waals surface area contributed by atoms with E-state index in [1.807, 2.05) is 30.3 Å². The van der Waals surface area contributed by atoms with Gasteiger partial charge >= 0.3 is 0 Å². The summed E-state index contributed by atoms with van der Waals surface area (Å²) in [5.41, 5.74) is 3.34. The molecule has 2 aliphatic heterocycles. The van der Waals surface area contributed by atoms with E-state index in [0.29, 0.717) is 18.7 Å². The van der Waals surface area contributed by atoms with Crippen LogP contribution in [0.5, 0.6) is 5.75 Å². The number of anilines is 1. The van der Waals surface area contributed by atoms with Gasteiger partial charge in [-0.15, -0.1) is 0 Å². The highest BCUT2D eigenvalue weighted by atomic mass is 79.9. The summed E-state index contributed by atoms with van der Waals surface area (Å²) in [5, 5.41) is 3.05. The fraction of sp³-hybridized carbons (Fsp3) is 0.333. The number of amides is 1. The van der Waals surface area contributed by atoms with Crippen LogP contribution < -0.4 is 10.1 Å². The van der Waals surface area contributed by atoms with Crippen LogP contribution in [0, 0.1) is 0 Å². The van der Waals surface area contributed by atoms with Gasteiger partial charge in [0.25, 0.3) is 5.91 Å². The molecule has 0 saturated carbocycles. The molecule has 5 nitrogen and oxygen atoms in total. The normalized spacial score (nSPS) is 16.3. The monoisotopic (exact) mass is 545 g/mol. The molecule has 1 N–H and O–H groups in total. The Kier molecular flexibility index (Phi) is 7.58. The van der Waals surface area contributed by atoms with Crippen LogP contribution in [0.15, 0.2) is 56.4 Å². The number of carbonyl (C=O) groups is 1. The summed E-state index contributed by atoms with van der Waals surface area (Å²) in [6.45, 7) is 4.55. The van der Waals surface area contributed by atoms with E-state index in [1.165, 1.54) is 32.4 Å². The van der Waals surface area contributed by atoms with E-state index in [2.05, 4.69) is 47.1 Å². The minimum Gasteiger partial charge on any atom is -0.492 e. The Morgan fingerprint density at radius 1 is 1.10 bits per heavy atom. The number of nitrogens with zero attached hydrogens (tertiary/aromatic N) is 2. The Morgan fingerprint density at radius 3 is 2.58 bits per heavy atom. The number of ether oxygens (including phenoxy) is 1. The standard InChI is InChI=1S/C24H25Br2N3O2/c25-19-14-21(26)23(18-8-9-27-16-18)22(15-19)28-24(30)17-4-6-20(7-5-17)31-13-12-29-10-2-1-3-11-29/h4-9,14-15H,1-3,10-13,16H2,(H,28,30). The molecule has 0 aliphatic carbocycles. The van der Waals surface area contributed by atoms with Crippen LogP contribution in [-0.2, 0) is 0 Å². The molecule has 0 aromatic heterocycles. The van der Waals surface area contributed by atoms with Gasteiger partial charge in [0.2, 0.25) is 0 Å². The summed E-state index contributed by atoms with van der Waals surface area (Å²) in [5.74, 6) is 0.623. The van der Waals surface area contributed by atoms with Crippen LogP contribution in [-0.4, -0.2) is 49.8 Å². The summed E-state index contributed by atoms with van der Waals surface area (Å²) in [6.07, 6.45) is 7.67. The smallest absolute Gasteiger partial charge is 0.255 e. The van der Waals surface area contributed by atoms with E-state index in [0.717, 1.165) is 38.1 Å². The summed E-state index contributed by atoms with van der Waals surface area (Å²) >= 11 is 7.13. The molecular weight excluding hydrogens is 522 g/mol. The molecular formula is C24H25Br2N3O2. The molecule has 7 heteroatoms. The third-order valence-corrected chi connectivity index (χ3v) is 6.59. The van der Waals surface area contributed by atoms with Crippen LogP contribution in [0.1, 0.15) is 35.2 Å². The van der Waals surface area contributed by atoms with Gasteiger partial charge in [0, 0.05) is 32.8 Å². The van der Waals surface area contributed by atoms with E-state index in [-0.39, 0.29) is 5.91 Å². The number of halogens is 2. The van der Waals surface area contributed by atoms with Gasteiger partial charge in [-0.3, -0.25) is 14.7 Å². The van der Waals surface area contributed by atoms with Gasteiger partial charge in [-0.2, -0.15) is 0 Å². The number of carbonyl (C=O) groups excluding carboxylic acids is 1. The fourth-order valence-electron chi connectivity index (χ4n) is 3.88. The van der Waals surface area contributed by atoms with Crippen molar-refractivity contribution >= 4 is 55.2 Å². The zero-order chi connectivity index (χ0) is 21.6. The largest absolute Gasteiger partial charge is 0.492 e. The van der Waals surface area contributed by atoms with Crippen LogP contribution in [0.2, 0.25) is 0 Å². The van der Waals surface area contributed by atoms with Gasteiger partial charge in [0.1, 0.15) is 12.4 Å². The summed E-state index contributed by atoms with van der Waals surface area (Å²) in [4.78, 5) is 19.6. The lowest BCUT2D eigenvalue weighted by Gasteiger charge is -2.26. The highest BCUT2D eigenvalue weighted by molar-refractivity contribution is 9.11. The predicted molar refractivity (Wildman–Crippen MR) is 133 cm³/mol. The third-order valence-electron chi connectivity index (χ3n) is 5.51. The van der Waals surface area contributed by atoms with E-state index < -0.39 is 0 Å². The van der Waals surface area contributed by atoms with Crippen LogP contribution in [0.25, 0.3) is 5.57 Å². The van der Waals surface area contributed by atoms with Crippen LogP contribution in [0.4, 0.5) is 5.69 Å². The zero-order valence-corrected chi connectivity index (χ0v) is 20.4. The van der Waals surface area contributed by atoms with Crippen molar-refractivity contribution in [2.75, 3.05) is 38.1 Å². The number of benzene rings is 2. The molecule has 162 valence electrons. The quantitative estimate of drug-likeness (QED) is 0.477. The molecule has 0 spiro atoms. The molecule has 4 rings (SSSR count). The first-order valence-corrected chi connectivity index (χ1v) is 12.1. The van der Waals surface area contributed by atoms with E-state index >= 15 is 0 Å². The summed E-state index contributed by atoms with van der Waals surface area (Å²) in [7, 11) is 0. The average Bonchev–Trinajstić information content (AvgIpc) is 3.29. The molecule has 2 aromatic rings. The predicted octanol–water partition coefficient (Wildman–Crippen LogP) is 5.80. The average molecular weight is 547 g/mol. The third kappa shape index (κ3) is 5.84. The first-order valence-electron chi connectivity index (χ1n) is 10.5. The number of nitrogens with one attached hydrogen (secondary N) is 1. The number of aliphatic imine (C=N–C) groups is 1. The van der Waals surface area contributed by atoms with Crippen LogP contribution >= 0.6 is 31.9 Å². The first kappa shape index (κ1) is 22.2. The minimum absolute atomic E-state index is 0.161. The van der Waals surface area contributed by atoms with Crippen molar-refractivity contribution in [3.8, 4) is 5.75 Å². The van der Waals surface area contributed by atoms with Gasteiger partial charge in [-0.25, -0.2) is 0 Å². The van der Waals surface area contributed by atoms with Crippen molar-refractivity contribution < 1.29 is 9.53 Å². The van der Waals surface area contributed by atoms with Crippen molar-refractivity contribution in [1.29, 1.82) is 0 Å². The molecule has 0 unspecified atom stereocenters. The molecule has 2 aliphatic rings. The molecule has 31 heavy (non-hydrogen) atoms. The minimum atomic E-state index is -0.161. The number of likely N-dealkylation sites (tertiary alicyclic amines) is 1. The van der Waals surface area contributed by atoms with Gasteiger partial charge in [0.05, 0.1) is 12.2 Å². The number of hydrogen-bond acceptors (Lipinski definition) is 4. The van der Waals surface area contributed by atoms with Gasteiger partial charge < -0.3 is 10.1 Å². The number of hydrogen-bond donors (Lipinski definition) is 1. The lowest BCUT2D eigenvalue weighted by molar-refractivity contribution is 0.102. The van der Waals surface area contributed by atoms with Crippen LogP contribution in [0.3, 0.4) is 0 Å². The number of allylic oxidation sites excluding steroid dienone is 1. The Hall–Kier alpha value is -1.96. The van der Waals surface area contributed by atoms with Gasteiger partial charge in [-0.1, -0.05) is 38.3 Å². The summed E-state index contributed by atoms with van der Waals surface area (Å²) in [6, 6.07) is 11.2. The maximum Gasteiger partial charge on any atom is 0.255 e. The SMILES string of the molecule is O=C(Nc1cc(Br)cc(Br)c1C1=CC=NC1)c1ccc(OCCN2CCCCC2)cc1. The van der Waals surface area contributed by atoms with Crippen molar-refractivity contribution in [2.45, 2.75) is 19.3 Å². The van der Waals surface area contributed by atoms with Crippen molar-refractivity contribution in [2.24, 2.45) is 4.99 Å². The molecule has 0 bridgehead atoms. The second kappa shape index (κ2) is 10.6. The maximum atomic E-state index is 12.9. The van der Waals surface area contributed by atoms with Crippen molar-refractivity contribution in [3.63, 3.8) is 0 Å². The van der Waals surface area contributed by atoms with E-state index in [1.54, 1.807) is 18.3 Å². The molecule has 1 saturated heterocycles. The molecule has 1 fully saturated rings. The Morgan fingerprint density at radius 2 is 1.87 bits per heavy atom. The van der Waals surface area contributed by atoms with Gasteiger partial charge in [0.15, 0.2) is 0 Å². The lowest BCUT2D eigenvalue weighted by Crippen LogP contribution is -2.33. The second-order valence-electron chi connectivity index (χ2n) is 7.72. The van der Waals surface area contributed by atoms with Crippen molar-refractivity contribution in [1.82, 2.24) is 4.90 Å². The first-order chi connectivity index (χ1) is 15.1. The number of piperidine rings is 1. The molecule has 0 atom stereocenters. The van der Waals surface area contributed by atoms with Crippen molar-refractivity contribution in [3.05, 3.63) is 62.5 Å². The lowest BCUT2D eigenvalue weighted by atomic mass is 10.0. The molecule has 0 radical (unpaired) electrons. The zero-order valence-electron chi connectivity index (χ0n) is 17.2. The molecule has 1 amide bonds. The highest BCUT2D eigenvalue weighted by Crippen LogP contribution is 2.36. The topological polar surface area (TPSA) is 53.9 Å². The van der Waals surface area contributed by atoms with E-state index in [9.17, 15) is 4.79 Å². The Labute approximate surface area is 199 Å². The number of rotatable bonds is 7.